The van der Waals surface area contributed by atoms with Crippen LogP contribution < -0.4 is 5.73 Å². The summed E-state index contributed by atoms with van der Waals surface area (Å²) in [5.74, 6) is 1.12. The fourth-order valence-electron chi connectivity index (χ4n) is 2.51. The summed E-state index contributed by atoms with van der Waals surface area (Å²) < 4.78 is 5.80. The van der Waals surface area contributed by atoms with Gasteiger partial charge in [-0.2, -0.15) is 0 Å². The third-order valence-electron chi connectivity index (χ3n) is 3.86. The standard InChI is InChI=1S/C16H19N3O3/c1-10(20)14(17)16(21)19-8-7-13-12(9-19)18-15(22-13)11-5-3-2-4-6-11/h2-6,10,14,20H,7-9,17H2,1H3/t10-,14+/m1/s1. The molecule has 0 unspecified atom stereocenters. The van der Waals surface area contributed by atoms with Crippen LogP contribution in [-0.2, 0) is 17.8 Å². The van der Waals surface area contributed by atoms with Crippen LogP contribution in [0.3, 0.4) is 0 Å². The molecule has 6 nitrogen and oxygen atoms in total. The number of aromatic nitrogens is 1. The number of fused-ring (bicyclic) bond motifs is 1. The molecule has 1 aliphatic heterocycles. The first-order valence-corrected chi connectivity index (χ1v) is 7.32. The molecule has 2 aromatic rings. The average Bonchev–Trinajstić information content (AvgIpc) is 2.97. The number of benzene rings is 1. The van der Waals surface area contributed by atoms with Gasteiger partial charge in [0.05, 0.1) is 12.6 Å². The molecular weight excluding hydrogens is 282 g/mol. The largest absolute Gasteiger partial charge is 0.441 e. The number of carbonyl (C=O) groups excluding carboxylic acids is 1. The summed E-state index contributed by atoms with van der Waals surface area (Å²) in [7, 11) is 0. The second kappa shape index (κ2) is 5.90. The third kappa shape index (κ3) is 2.75. The summed E-state index contributed by atoms with van der Waals surface area (Å²) in [6, 6.07) is 8.76. The number of amides is 1. The van der Waals surface area contributed by atoms with Gasteiger partial charge in [0, 0.05) is 18.5 Å². The van der Waals surface area contributed by atoms with E-state index in [1.807, 2.05) is 30.3 Å². The zero-order chi connectivity index (χ0) is 15.7. The number of hydrogen-bond donors (Lipinski definition) is 2. The van der Waals surface area contributed by atoms with E-state index in [1.54, 1.807) is 4.90 Å². The zero-order valence-electron chi connectivity index (χ0n) is 12.4. The van der Waals surface area contributed by atoms with E-state index in [0.717, 1.165) is 17.0 Å². The lowest BCUT2D eigenvalue weighted by Crippen LogP contribution is -2.50. The van der Waals surface area contributed by atoms with Gasteiger partial charge in [-0.1, -0.05) is 18.2 Å². The Morgan fingerprint density at radius 3 is 2.82 bits per heavy atom. The van der Waals surface area contributed by atoms with Crippen molar-refractivity contribution in [1.82, 2.24) is 9.88 Å². The van der Waals surface area contributed by atoms with Crippen LogP contribution in [0.25, 0.3) is 11.5 Å². The quantitative estimate of drug-likeness (QED) is 0.880. The lowest BCUT2D eigenvalue weighted by Gasteiger charge is -2.28. The van der Waals surface area contributed by atoms with E-state index in [9.17, 15) is 9.90 Å². The molecule has 1 aromatic carbocycles. The zero-order valence-corrected chi connectivity index (χ0v) is 12.4. The topological polar surface area (TPSA) is 92.6 Å². The maximum Gasteiger partial charge on any atom is 0.242 e. The lowest BCUT2D eigenvalue weighted by atomic mass is 10.1. The molecule has 0 aliphatic carbocycles. The second-order valence-electron chi connectivity index (χ2n) is 5.53. The minimum Gasteiger partial charge on any atom is -0.441 e. The SMILES string of the molecule is C[C@@H](O)[C@H](N)C(=O)N1CCc2oc(-c3ccccc3)nc2C1. The number of hydrogen-bond acceptors (Lipinski definition) is 5. The third-order valence-corrected chi connectivity index (χ3v) is 3.86. The van der Waals surface area contributed by atoms with Gasteiger partial charge in [0.15, 0.2) is 0 Å². The molecule has 0 radical (unpaired) electrons. The molecule has 2 heterocycles. The fourth-order valence-corrected chi connectivity index (χ4v) is 2.51. The van der Waals surface area contributed by atoms with Gasteiger partial charge in [0.2, 0.25) is 11.8 Å². The summed E-state index contributed by atoms with van der Waals surface area (Å²) in [5, 5.41) is 9.46. The summed E-state index contributed by atoms with van der Waals surface area (Å²) in [4.78, 5) is 18.3. The number of aliphatic hydroxyl groups is 1. The first kappa shape index (κ1) is 14.7. The smallest absolute Gasteiger partial charge is 0.242 e. The van der Waals surface area contributed by atoms with Crippen molar-refractivity contribution in [3.8, 4) is 11.5 Å². The highest BCUT2D eigenvalue weighted by Crippen LogP contribution is 2.26. The highest BCUT2D eigenvalue weighted by Gasteiger charge is 2.30. The Labute approximate surface area is 128 Å². The molecule has 0 fully saturated rings. The maximum atomic E-state index is 12.2. The number of rotatable bonds is 3. The van der Waals surface area contributed by atoms with Crippen LogP contribution in [0.2, 0.25) is 0 Å². The number of carbonyl (C=O) groups is 1. The molecule has 6 heteroatoms. The van der Waals surface area contributed by atoms with E-state index < -0.39 is 12.1 Å². The normalized spacial score (nSPS) is 17.0. The van der Waals surface area contributed by atoms with Gasteiger partial charge < -0.3 is 20.2 Å². The first-order valence-electron chi connectivity index (χ1n) is 7.32. The van der Waals surface area contributed by atoms with Crippen molar-refractivity contribution in [1.29, 1.82) is 0 Å². The molecule has 1 amide bonds. The molecule has 1 aliphatic rings. The molecule has 116 valence electrons. The van der Waals surface area contributed by atoms with E-state index in [1.165, 1.54) is 6.92 Å². The summed E-state index contributed by atoms with van der Waals surface area (Å²) >= 11 is 0. The Kier molecular flexibility index (Phi) is 3.96. The Morgan fingerprint density at radius 2 is 2.14 bits per heavy atom. The first-order chi connectivity index (χ1) is 10.6. The van der Waals surface area contributed by atoms with Crippen molar-refractivity contribution in [2.75, 3.05) is 6.54 Å². The number of nitrogens with zero attached hydrogens (tertiary/aromatic N) is 2. The van der Waals surface area contributed by atoms with Crippen LogP contribution in [-0.4, -0.2) is 39.6 Å². The Balaban J connectivity index is 1.79. The van der Waals surface area contributed by atoms with Gasteiger partial charge in [-0.25, -0.2) is 4.98 Å². The lowest BCUT2D eigenvalue weighted by molar-refractivity contribution is -0.135. The summed E-state index contributed by atoms with van der Waals surface area (Å²) in [6.45, 7) is 2.40. The molecule has 0 spiro atoms. The van der Waals surface area contributed by atoms with Crippen LogP contribution in [0.5, 0.6) is 0 Å². The average molecular weight is 301 g/mol. The molecule has 0 bridgehead atoms. The van der Waals surface area contributed by atoms with E-state index in [2.05, 4.69) is 4.98 Å². The second-order valence-corrected chi connectivity index (χ2v) is 5.53. The Hall–Kier alpha value is -2.18. The maximum absolute atomic E-state index is 12.2. The van der Waals surface area contributed by atoms with Crippen molar-refractivity contribution >= 4 is 5.91 Å². The highest BCUT2D eigenvalue weighted by atomic mass is 16.4. The van der Waals surface area contributed by atoms with Gasteiger partial charge in [0.25, 0.3) is 0 Å². The van der Waals surface area contributed by atoms with E-state index in [-0.39, 0.29) is 5.91 Å². The predicted octanol–water partition coefficient (Wildman–Crippen LogP) is 0.934. The van der Waals surface area contributed by atoms with Gasteiger partial charge >= 0.3 is 0 Å². The van der Waals surface area contributed by atoms with Crippen LogP contribution in [0.1, 0.15) is 18.4 Å². The number of nitrogens with two attached hydrogens (primary N) is 1. The molecule has 22 heavy (non-hydrogen) atoms. The van der Waals surface area contributed by atoms with Gasteiger partial charge in [-0.05, 0) is 19.1 Å². The van der Waals surface area contributed by atoms with Crippen molar-refractivity contribution in [2.24, 2.45) is 5.73 Å². The number of aliphatic hydroxyl groups excluding tert-OH is 1. The van der Waals surface area contributed by atoms with Gasteiger partial charge in [-0.15, -0.1) is 0 Å². The van der Waals surface area contributed by atoms with E-state index in [4.69, 9.17) is 10.2 Å². The minimum absolute atomic E-state index is 0.259. The van der Waals surface area contributed by atoms with Crippen LogP contribution in [0.15, 0.2) is 34.7 Å². The van der Waals surface area contributed by atoms with E-state index >= 15 is 0 Å². The molecular formula is C16H19N3O3. The minimum atomic E-state index is -0.901. The summed E-state index contributed by atoms with van der Waals surface area (Å²) in [6.07, 6.45) is -0.265. The number of oxazole rings is 1. The monoisotopic (exact) mass is 301 g/mol. The molecule has 3 rings (SSSR count). The molecule has 1 aromatic heterocycles. The van der Waals surface area contributed by atoms with Crippen LogP contribution in [0.4, 0.5) is 0 Å². The fraction of sp³-hybridized carbons (Fsp3) is 0.375. The molecule has 0 saturated heterocycles. The molecule has 3 N–H and O–H groups in total. The molecule has 0 saturated carbocycles. The van der Waals surface area contributed by atoms with Gasteiger partial charge in [-0.3, -0.25) is 4.79 Å². The Bertz CT molecular complexity index is 667. The van der Waals surface area contributed by atoms with Gasteiger partial charge in [0.1, 0.15) is 17.5 Å². The van der Waals surface area contributed by atoms with Crippen molar-refractivity contribution < 1.29 is 14.3 Å². The van der Waals surface area contributed by atoms with Crippen LogP contribution in [0, 0.1) is 0 Å². The highest BCUT2D eigenvalue weighted by molar-refractivity contribution is 5.82. The van der Waals surface area contributed by atoms with Crippen molar-refractivity contribution in [2.45, 2.75) is 32.0 Å². The van der Waals surface area contributed by atoms with E-state index in [0.29, 0.717) is 25.4 Å². The van der Waals surface area contributed by atoms with Crippen molar-refractivity contribution in [3.05, 3.63) is 41.8 Å². The Morgan fingerprint density at radius 1 is 1.41 bits per heavy atom. The van der Waals surface area contributed by atoms with Crippen molar-refractivity contribution in [3.63, 3.8) is 0 Å². The summed E-state index contributed by atoms with van der Waals surface area (Å²) in [5.41, 5.74) is 7.39. The predicted molar refractivity (Wildman–Crippen MR) is 80.7 cm³/mol. The van der Waals surface area contributed by atoms with Crippen LogP contribution >= 0.6 is 0 Å². The molecule has 2 atom stereocenters.